The molecule has 0 aliphatic rings. The van der Waals surface area contributed by atoms with Crippen LogP contribution in [0.25, 0.3) is 10.9 Å². The van der Waals surface area contributed by atoms with Gasteiger partial charge in [0, 0.05) is 17.6 Å². The summed E-state index contributed by atoms with van der Waals surface area (Å²) in [5.74, 6) is 2.41. The maximum Gasteiger partial charge on any atom is 0.137 e. The number of aromatic nitrogens is 2. The highest BCUT2D eigenvalue weighted by atomic mass is 16.5. The quantitative estimate of drug-likeness (QED) is 0.593. The highest BCUT2D eigenvalue weighted by molar-refractivity contribution is 5.91. The number of nitrogens with zero attached hydrogens (tertiary/aromatic N) is 2. The zero-order valence-corrected chi connectivity index (χ0v) is 15.4. The van der Waals surface area contributed by atoms with E-state index in [1.165, 1.54) is 5.56 Å². The van der Waals surface area contributed by atoms with Crippen LogP contribution >= 0.6 is 0 Å². The van der Waals surface area contributed by atoms with Gasteiger partial charge in [0.05, 0.1) is 12.1 Å². The summed E-state index contributed by atoms with van der Waals surface area (Å²) in [4.78, 5) is 8.62. The van der Waals surface area contributed by atoms with Crippen molar-refractivity contribution in [2.24, 2.45) is 5.92 Å². The predicted molar refractivity (Wildman–Crippen MR) is 108 cm³/mol. The van der Waals surface area contributed by atoms with Crippen molar-refractivity contribution in [3.05, 3.63) is 54.4 Å². The number of ether oxygens (including phenoxy) is 1. The van der Waals surface area contributed by atoms with Gasteiger partial charge in [-0.3, -0.25) is 0 Å². The first-order chi connectivity index (χ1) is 12.6. The summed E-state index contributed by atoms with van der Waals surface area (Å²) in [7, 11) is 0. The van der Waals surface area contributed by atoms with E-state index in [-0.39, 0.29) is 0 Å². The number of nitrogens with one attached hydrogen (secondary N) is 1. The molecule has 0 aliphatic carbocycles. The van der Waals surface area contributed by atoms with Crippen molar-refractivity contribution in [3.63, 3.8) is 0 Å². The fourth-order valence-electron chi connectivity index (χ4n) is 2.71. The zero-order chi connectivity index (χ0) is 18.4. The van der Waals surface area contributed by atoms with Crippen molar-refractivity contribution in [3.8, 4) is 5.75 Å². The lowest BCUT2D eigenvalue weighted by molar-refractivity contribution is 0.289. The second kappa shape index (κ2) is 8.52. The van der Waals surface area contributed by atoms with Gasteiger partial charge in [-0.05, 0) is 54.7 Å². The molecular weight excluding hydrogens is 324 g/mol. The molecule has 0 saturated heterocycles. The van der Waals surface area contributed by atoms with Crippen LogP contribution in [0.2, 0.25) is 0 Å². The van der Waals surface area contributed by atoms with Gasteiger partial charge in [-0.1, -0.05) is 26.0 Å². The molecule has 0 fully saturated rings. The van der Waals surface area contributed by atoms with Gasteiger partial charge in [0.2, 0.25) is 0 Å². The van der Waals surface area contributed by atoms with Gasteiger partial charge in [0.15, 0.2) is 0 Å². The molecule has 0 bridgehead atoms. The van der Waals surface area contributed by atoms with E-state index in [1.54, 1.807) is 6.33 Å². The lowest BCUT2D eigenvalue weighted by Crippen LogP contribution is -2.07. The van der Waals surface area contributed by atoms with Gasteiger partial charge in [-0.25, -0.2) is 9.97 Å². The van der Waals surface area contributed by atoms with Crippen molar-refractivity contribution in [1.29, 1.82) is 0 Å². The molecule has 1 aromatic heterocycles. The number of hydrogen-bond acceptors (Lipinski definition) is 5. The Morgan fingerprint density at radius 2 is 1.88 bits per heavy atom. The van der Waals surface area contributed by atoms with Crippen molar-refractivity contribution < 1.29 is 4.74 Å². The third-order valence-electron chi connectivity index (χ3n) is 4.25. The van der Waals surface area contributed by atoms with Crippen LogP contribution in [0.4, 0.5) is 11.5 Å². The molecule has 0 amide bonds. The topological polar surface area (TPSA) is 73.1 Å². The molecule has 3 aromatic rings. The summed E-state index contributed by atoms with van der Waals surface area (Å²) < 4.78 is 5.76. The van der Waals surface area contributed by atoms with E-state index >= 15 is 0 Å². The van der Waals surface area contributed by atoms with Crippen molar-refractivity contribution in [2.75, 3.05) is 24.2 Å². The van der Waals surface area contributed by atoms with E-state index in [1.807, 2.05) is 30.3 Å². The molecule has 5 nitrogen and oxygen atoms in total. The molecule has 0 radical (unpaired) electrons. The van der Waals surface area contributed by atoms with E-state index in [0.29, 0.717) is 11.6 Å². The third kappa shape index (κ3) is 4.85. The minimum absolute atomic E-state index is 0.661. The molecule has 136 valence electrons. The second-order valence-electron chi connectivity index (χ2n) is 6.85. The molecule has 0 aliphatic heterocycles. The van der Waals surface area contributed by atoms with E-state index in [9.17, 15) is 0 Å². The number of nitrogens with two attached hydrogens (primary N) is 1. The van der Waals surface area contributed by atoms with Crippen molar-refractivity contribution in [1.82, 2.24) is 9.97 Å². The minimum atomic E-state index is 0.661. The molecule has 26 heavy (non-hydrogen) atoms. The summed E-state index contributed by atoms with van der Waals surface area (Å²) in [5, 5.41) is 4.33. The highest BCUT2D eigenvalue weighted by Crippen LogP contribution is 2.21. The molecule has 0 atom stereocenters. The van der Waals surface area contributed by atoms with Crippen molar-refractivity contribution in [2.45, 2.75) is 26.7 Å². The molecule has 2 aromatic carbocycles. The first-order valence-corrected chi connectivity index (χ1v) is 9.07. The van der Waals surface area contributed by atoms with E-state index in [2.05, 4.69) is 41.3 Å². The first-order valence-electron chi connectivity index (χ1n) is 9.07. The minimum Gasteiger partial charge on any atom is -0.494 e. The van der Waals surface area contributed by atoms with Gasteiger partial charge >= 0.3 is 0 Å². The van der Waals surface area contributed by atoms with Gasteiger partial charge in [0.25, 0.3) is 0 Å². The summed E-state index contributed by atoms with van der Waals surface area (Å²) in [6.45, 7) is 5.96. The van der Waals surface area contributed by atoms with Crippen LogP contribution in [-0.2, 0) is 6.42 Å². The molecular formula is C21H26N4O. The average Bonchev–Trinajstić information content (AvgIpc) is 2.63. The van der Waals surface area contributed by atoms with Crippen LogP contribution in [0.15, 0.2) is 48.8 Å². The number of nitrogen functional groups attached to an aromatic ring is 1. The lowest BCUT2D eigenvalue weighted by Gasteiger charge is -2.10. The monoisotopic (exact) mass is 350 g/mol. The lowest BCUT2D eigenvalue weighted by atomic mass is 10.1. The van der Waals surface area contributed by atoms with Gasteiger partial charge < -0.3 is 15.8 Å². The fourth-order valence-corrected chi connectivity index (χ4v) is 2.71. The Kier molecular flexibility index (Phi) is 5.89. The smallest absolute Gasteiger partial charge is 0.137 e. The van der Waals surface area contributed by atoms with Crippen LogP contribution in [0.5, 0.6) is 5.75 Å². The normalized spacial score (nSPS) is 11.0. The Labute approximate surface area is 154 Å². The summed E-state index contributed by atoms with van der Waals surface area (Å²) >= 11 is 0. The molecule has 1 heterocycles. The molecule has 0 saturated carbocycles. The largest absolute Gasteiger partial charge is 0.494 e. The van der Waals surface area contributed by atoms with Crippen LogP contribution in [-0.4, -0.2) is 23.1 Å². The fraction of sp³-hybridized carbons (Fsp3) is 0.333. The maximum absolute atomic E-state index is 5.88. The SMILES string of the molecule is CC(C)CCOc1ccc(CCNc2ncnc3ccc(N)cc23)cc1. The Hall–Kier alpha value is -2.82. The average molecular weight is 350 g/mol. The summed E-state index contributed by atoms with van der Waals surface area (Å²) in [6, 6.07) is 14.0. The van der Waals surface area contributed by atoms with E-state index in [4.69, 9.17) is 10.5 Å². The Bertz CT molecular complexity index is 846. The van der Waals surface area contributed by atoms with Gasteiger partial charge in [0.1, 0.15) is 17.9 Å². The third-order valence-corrected chi connectivity index (χ3v) is 4.25. The summed E-state index contributed by atoms with van der Waals surface area (Å²) in [5.41, 5.74) is 8.74. The standard InChI is InChI=1S/C21H26N4O/c1-15(2)10-12-26-18-6-3-16(4-7-18)9-11-23-21-19-13-17(22)5-8-20(19)24-14-25-21/h3-8,13-15H,9-12,22H2,1-2H3,(H,23,24,25). The Morgan fingerprint density at radius 1 is 1.08 bits per heavy atom. The predicted octanol–water partition coefficient (Wildman–Crippen LogP) is 4.29. The second-order valence-corrected chi connectivity index (χ2v) is 6.85. The highest BCUT2D eigenvalue weighted by Gasteiger charge is 2.04. The van der Waals surface area contributed by atoms with E-state index in [0.717, 1.165) is 48.5 Å². The molecule has 3 N–H and O–H groups in total. The molecule has 3 rings (SSSR count). The van der Waals surface area contributed by atoms with E-state index < -0.39 is 0 Å². The molecule has 5 heteroatoms. The summed E-state index contributed by atoms with van der Waals surface area (Å²) in [6.07, 6.45) is 3.55. The Balaban J connectivity index is 1.54. The zero-order valence-electron chi connectivity index (χ0n) is 15.4. The van der Waals surface area contributed by atoms with Crippen LogP contribution in [0.1, 0.15) is 25.8 Å². The van der Waals surface area contributed by atoms with Crippen LogP contribution in [0, 0.1) is 5.92 Å². The van der Waals surface area contributed by atoms with Gasteiger partial charge in [-0.2, -0.15) is 0 Å². The van der Waals surface area contributed by atoms with Crippen molar-refractivity contribution >= 4 is 22.4 Å². The number of benzene rings is 2. The van der Waals surface area contributed by atoms with Crippen LogP contribution in [0.3, 0.4) is 0 Å². The molecule has 0 unspecified atom stereocenters. The number of anilines is 2. The Morgan fingerprint density at radius 3 is 2.65 bits per heavy atom. The molecule has 0 spiro atoms. The van der Waals surface area contributed by atoms with Crippen LogP contribution < -0.4 is 15.8 Å². The maximum atomic E-state index is 5.88. The van der Waals surface area contributed by atoms with Gasteiger partial charge in [-0.15, -0.1) is 0 Å². The number of rotatable bonds is 8. The first kappa shape index (κ1) is 18.0. The number of hydrogen-bond donors (Lipinski definition) is 2. The number of fused-ring (bicyclic) bond motifs is 1.